The van der Waals surface area contributed by atoms with Crippen LogP contribution in [0.5, 0.6) is 0 Å². The van der Waals surface area contributed by atoms with Gasteiger partial charge in [0.15, 0.2) is 5.84 Å². The van der Waals surface area contributed by atoms with E-state index in [9.17, 15) is 0 Å². The molecule has 4 aliphatic rings. The fourth-order valence-electron chi connectivity index (χ4n) is 4.25. The Balaban J connectivity index is 1.40. The fraction of sp³-hybridized carbons (Fsp3) is 0.700. The predicted octanol–water partition coefficient (Wildman–Crippen LogP) is 2.38. The molecule has 7 heteroatoms. The lowest BCUT2D eigenvalue weighted by Crippen LogP contribution is -2.42. The molecule has 0 radical (unpaired) electrons. The quantitative estimate of drug-likeness (QED) is 0.439. The van der Waals surface area contributed by atoms with Crippen LogP contribution in [-0.4, -0.2) is 41.7 Å². The molecule has 27 heavy (non-hydrogen) atoms. The van der Waals surface area contributed by atoms with E-state index < -0.39 is 0 Å². The second kappa shape index (κ2) is 7.92. The van der Waals surface area contributed by atoms with Gasteiger partial charge in [-0.25, -0.2) is 0 Å². The maximum absolute atomic E-state index is 8.77. The van der Waals surface area contributed by atoms with Gasteiger partial charge in [-0.2, -0.15) is 0 Å². The molecule has 2 aliphatic carbocycles. The number of nitrogens with zero attached hydrogens (tertiary/aromatic N) is 2. The number of hydrogen-bond donors (Lipinski definition) is 4. The SMILES string of the molecule is C/C(N)=C/C(C(=N)N1CCC(NC2CCCCC2)C1)=C1\NC(C2CC2)=NO1. The highest BCUT2D eigenvalue weighted by Crippen LogP contribution is 2.32. The normalized spacial score (nSPS) is 28.6. The second-order valence-electron chi connectivity index (χ2n) is 8.38. The van der Waals surface area contributed by atoms with Crippen molar-refractivity contribution in [1.82, 2.24) is 15.5 Å². The van der Waals surface area contributed by atoms with E-state index in [0.29, 0.717) is 41.0 Å². The molecule has 2 heterocycles. The number of amidine groups is 2. The van der Waals surface area contributed by atoms with Crippen LogP contribution in [0.1, 0.15) is 58.3 Å². The molecule has 3 fully saturated rings. The van der Waals surface area contributed by atoms with Crippen molar-refractivity contribution >= 4 is 11.7 Å². The first kappa shape index (κ1) is 18.3. The van der Waals surface area contributed by atoms with E-state index in [1.807, 2.05) is 13.0 Å². The zero-order valence-corrected chi connectivity index (χ0v) is 16.3. The largest absolute Gasteiger partial charge is 0.402 e. The first-order valence-corrected chi connectivity index (χ1v) is 10.4. The minimum Gasteiger partial charge on any atom is -0.402 e. The molecular formula is C20H32N6O. The van der Waals surface area contributed by atoms with Crippen molar-refractivity contribution < 1.29 is 4.84 Å². The summed E-state index contributed by atoms with van der Waals surface area (Å²) < 4.78 is 0. The van der Waals surface area contributed by atoms with Crippen molar-refractivity contribution in [3.8, 4) is 0 Å². The van der Waals surface area contributed by atoms with Crippen molar-refractivity contribution in [2.45, 2.75) is 70.4 Å². The van der Waals surface area contributed by atoms with Gasteiger partial charge in [0, 0.05) is 36.8 Å². The Bertz CT molecular complexity index is 668. The predicted molar refractivity (Wildman–Crippen MR) is 107 cm³/mol. The Hall–Kier alpha value is -2.02. The van der Waals surface area contributed by atoms with Crippen LogP contribution in [0.2, 0.25) is 0 Å². The highest BCUT2D eigenvalue weighted by Gasteiger charge is 2.34. The van der Waals surface area contributed by atoms with E-state index in [1.165, 1.54) is 32.1 Å². The monoisotopic (exact) mass is 372 g/mol. The van der Waals surface area contributed by atoms with Crippen molar-refractivity contribution in [1.29, 1.82) is 5.41 Å². The molecule has 0 amide bonds. The third-order valence-corrected chi connectivity index (χ3v) is 5.89. The summed E-state index contributed by atoms with van der Waals surface area (Å²) in [5.74, 6) is 2.37. The van der Waals surface area contributed by atoms with E-state index in [-0.39, 0.29) is 0 Å². The molecule has 1 unspecified atom stereocenters. The molecular weight excluding hydrogens is 340 g/mol. The number of likely N-dealkylation sites (tertiary alicyclic amines) is 1. The van der Waals surface area contributed by atoms with Crippen LogP contribution in [0.25, 0.3) is 0 Å². The zero-order valence-electron chi connectivity index (χ0n) is 16.3. The first-order valence-electron chi connectivity index (χ1n) is 10.4. The van der Waals surface area contributed by atoms with Crippen LogP contribution < -0.4 is 16.4 Å². The molecule has 0 spiro atoms. The Morgan fingerprint density at radius 1 is 1.22 bits per heavy atom. The standard InChI is InChI=1S/C20H32N6O/c1-13(21)11-17(20-24-19(25-27-20)14-7-8-14)18(22)26-10-9-16(12-26)23-15-5-3-2-4-6-15/h11,14-16,22-23H,2-10,12,21H2,1H3,(H,24,25)/b13-11-,20-17-,22-18?. The van der Waals surface area contributed by atoms with Crippen LogP contribution in [-0.2, 0) is 4.84 Å². The average Bonchev–Trinajstić information content (AvgIpc) is 3.21. The highest BCUT2D eigenvalue weighted by atomic mass is 16.7. The van der Waals surface area contributed by atoms with E-state index in [2.05, 4.69) is 20.7 Å². The molecule has 5 N–H and O–H groups in total. The molecule has 0 bridgehead atoms. The third kappa shape index (κ3) is 4.46. The average molecular weight is 373 g/mol. The van der Waals surface area contributed by atoms with Gasteiger partial charge in [0.1, 0.15) is 5.84 Å². The molecule has 0 aromatic heterocycles. The maximum Gasteiger partial charge on any atom is 0.239 e. The van der Waals surface area contributed by atoms with Crippen molar-refractivity contribution in [2.24, 2.45) is 16.8 Å². The molecule has 2 aliphatic heterocycles. The number of oxime groups is 1. The Kier molecular flexibility index (Phi) is 5.38. The summed E-state index contributed by atoms with van der Waals surface area (Å²) in [7, 11) is 0. The molecule has 2 saturated carbocycles. The number of nitrogens with one attached hydrogen (secondary N) is 3. The van der Waals surface area contributed by atoms with Crippen molar-refractivity contribution in [3.63, 3.8) is 0 Å². The summed E-state index contributed by atoms with van der Waals surface area (Å²) in [6.07, 6.45) is 11.8. The van der Waals surface area contributed by atoms with Crippen LogP contribution in [0.4, 0.5) is 0 Å². The van der Waals surface area contributed by atoms with Crippen LogP contribution in [0.15, 0.2) is 28.4 Å². The van der Waals surface area contributed by atoms with Gasteiger partial charge in [0.2, 0.25) is 5.88 Å². The highest BCUT2D eigenvalue weighted by molar-refractivity contribution is 6.00. The summed E-state index contributed by atoms with van der Waals surface area (Å²) in [4.78, 5) is 7.66. The topological polar surface area (TPSA) is 98.8 Å². The van der Waals surface area contributed by atoms with Crippen molar-refractivity contribution in [2.75, 3.05) is 13.1 Å². The van der Waals surface area contributed by atoms with Crippen LogP contribution in [0.3, 0.4) is 0 Å². The molecule has 7 nitrogen and oxygen atoms in total. The molecule has 0 aromatic carbocycles. The van der Waals surface area contributed by atoms with Gasteiger partial charge in [-0.05, 0) is 45.1 Å². The lowest BCUT2D eigenvalue weighted by Gasteiger charge is -2.27. The summed E-state index contributed by atoms with van der Waals surface area (Å²) in [5.41, 5.74) is 7.28. The number of hydrogen-bond acceptors (Lipinski definition) is 6. The molecule has 4 rings (SSSR count). The van der Waals surface area contributed by atoms with Gasteiger partial charge in [-0.15, -0.1) is 0 Å². The second-order valence-corrected chi connectivity index (χ2v) is 8.38. The van der Waals surface area contributed by atoms with Gasteiger partial charge in [-0.3, -0.25) is 5.41 Å². The lowest BCUT2D eigenvalue weighted by atomic mass is 9.95. The van der Waals surface area contributed by atoms with Gasteiger partial charge in [0.05, 0.1) is 5.57 Å². The summed E-state index contributed by atoms with van der Waals surface area (Å²) in [6, 6.07) is 1.11. The number of rotatable bonds is 5. The summed E-state index contributed by atoms with van der Waals surface area (Å²) in [6.45, 7) is 3.58. The molecule has 0 aromatic rings. The Morgan fingerprint density at radius 3 is 2.70 bits per heavy atom. The van der Waals surface area contributed by atoms with Crippen LogP contribution in [0, 0.1) is 11.3 Å². The number of nitrogens with two attached hydrogens (primary N) is 1. The van der Waals surface area contributed by atoms with Crippen LogP contribution >= 0.6 is 0 Å². The third-order valence-electron chi connectivity index (χ3n) is 5.89. The molecule has 148 valence electrons. The number of allylic oxidation sites excluding steroid dienone is 1. The van der Waals surface area contributed by atoms with E-state index >= 15 is 0 Å². The molecule has 1 saturated heterocycles. The Labute approximate surface area is 161 Å². The maximum atomic E-state index is 8.77. The Morgan fingerprint density at radius 2 is 2.00 bits per heavy atom. The molecule has 1 atom stereocenters. The lowest BCUT2D eigenvalue weighted by molar-refractivity contribution is 0.236. The van der Waals surface area contributed by atoms with E-state index in [4.69, 9.17) is 16.0 Å². The first-order chi connectivity index (χ1) is 13.1. The van der Waals surface area contributed by atoms with Gasteiger partial charge in [0.25, 0.3) is 0 Å². The summed E-state index contributed by atoms with van der Waals surface area (Å²) in [5, 5.41) is 20.0. The zero-order chi connectivity index (χ0) is 18.8. The van der Waals surface area contributed by atoms with Gasteiger partial charge in [-0.1, -0.05) is 24.4 Å². The van der Waals surface area contributed by atoms with E-state index in [0.717, 1.165) is 38.2 Å². The van der Waals surface area contributed by atoms with Gasteiger partial charge < -0.3 is 26.1 Å². The van der Waals surface area contributed by atoms with Crippen molar-refractivity contribution in [3.05, 3.63) is 23.2 Å². The minimum absolute atomic E-state index is 0.457. The minimum atomic E-state index is 0.457. The summed E-state index contributed by atoms with van der Waals surface area (Å²) >= 11 is 0. The fourth-order valence-corrected chi connectivity index (χ4v) is 4.25. The smallest absolute Gasteiger partial charge is 0.239 e. The van der Waals surface area contributed by atoms with E-state index in [1.54, 1.807) is 0 Å². The van der Waals surface area contributed by atoms with Gasteiger partial charge >= 0.3 is 0 Å².